The maximum Gasteiger partial charge on any atom is 0.282 e. The number of pyridine rings is 1. The summed E-state index contributed by atoms with van der Waals surface area (Å²) in [6.07, 6.45) is 2.75. The van der Waals surface area contributed by atoms with E-state index in [0.29, 0.717) is 23.8 Å². The molecule has 6 heterocycles. The number of rotatable bonds is 7. The molecule has 3 aromatic rings. The number of fused-ring (bicyclic) bond motifs is 1. The molecule has 6 rings (SSSR count). The van der Waals surface area contributed by atoms with Crippen molar-refractivity contribution in [2.24, 2.45) is 11.3 Å². The number of nitrogens with one attached hydrogen (secondary N) is 1. The SMILES string of the molecule is CS(=O)NCC1CCCN(c2cc(-c3cnc4ccc(C(F)F)nn34)cc(N3CC4(COC4)C3)n2)C1. The Morgan fingerprint density at radius 1 is 1.22 bits per heavy atom. The normalized spacial score (nSPS) is 22.2. The molecule has 3 aliphatic rings. The molecule has 0 radical (unpaired) electrons. The zero-order chi connectivity index (χ0) is 24.9. The number of hydrogen-bond acceptors (Lipinski definition) is 7. The highest BCUT2D eigenvalue weighted by molar-refractivity contribution is 7.82. The van der Waals surface area contributed by atoms with E-state index in [2.05, 4.69) is 24.6 Å². The van der Waals surface area contributed by atoms with Crippen molar-refractivity contribution in [3.05, 3.63) is 36.2 Å². The predicted molar refractivity (Wildman–Crippen MR) is 134 cm³/mol. The van der Waals surface area contributed by atoms with Crippen LogP contribution in [-0.4, -0.2) is 76.0 Å². The van der Waals surface area contributed by atoms with E-state index in [-0.39, 0.29) is 11.1 Å². The van der Waals surface area contributed by atoms with Gasteiger partial charge in [-0.3, -0.25) is 0 Å². The zero-order valence-electron chi connectivity index (χ0n) is 20.1. The molecule has 3 aliphatic heterocycles. The van der Waals surface area contributed by atoms with Gasteiger partial charge in [0.25, 0.3) is 6.43 Å². The van der Waals surface area contributed by atoms with Crippen LogP contribution in [0.25, 0.3) is 16.9 Å². The standard InChI is InChI=1S/C24H29F2N7O2S/c1-36(34)28-9-16-3-2-6-31(11-16)21-7-17(8-22(29-21)32-12-24(13-32)14-35-15-24)19-10-27-20-5-4-18(23(25)26)30-33(19)20/h4-5,7-8,10,16,23,28H,2-3,6,9,11-15H2,1H3. The van der Waals surface area contributed by atoms with Crippen LogP contribution in [0.15, 0.2) is 30.5 Å². The van der Waals surface area contributed by atoms with E-state index in [1.165, 1.54) is 10.6 Å². The van der Waals surface area contributed by atoms with Gasteiger partial charge in [0, 0.05) is 44.5 Å². The number of imidazole rings is 1. The lowest BCUT2D eigenvalue weighted by Crippen LogP contribution is -2.66. The maximum atomic E-state index is 13.4. The van der Waals surface area contributed by atoms with Crippen LogP contribution in [0.4, 0.5) is 20.4 Å². The number of ether oxygens (including phenoxy) is 1. The molecule has 2 atom stereocenters. The third kappa shape index (κ3) is 4.46. The van der Waals surface area contributed by atoms with Crippen molar-refractivity contribution in [1.82, 2.24) is 24.3 Å². The Morgan fingerprint density at radius 3 is 2.69 bits per heavy atom. The highest BCUT2D eigenvalue weighted by Gasteiger charge is 2.49. The molecule has 0 saturated carbocycles. The van der Waals surface area contributed by atoms with Crippen LogP contribution in [0.1, 0.15) is 25.0 Å². The molecule has 0 bridgehead atoms. The summed E-state index contributed by atoms with van der Waals surface area (Å²) in [5.41, 5.74) is 1.94. The van der Waals surface area contributed by atoms with Crippen molar-refractivity contribution < 1.29 is 17.7 Å². The van der Waals surface area contributed by atoms with Gasteiger partial charge in [-0.2, -0.15) is 5.10 Å². The van der Waals surface area contributed by atoms with E-state index >= 15 is 0 Å². The second-order valence-electron chi connectivity index (χ2n) is 10.2. The summed E-state index contributed by atoms with van der Waals surface area (Å²) < 4.78 is 48.2. The van der Waals surface area contributed by atoms with Crippen molar-refractivity contribution in [2.75, 3.05) is 62.0 Å². The Morgan fingerprint density at radius 2 is 2.00 bits per heavy atom. The van der Waals surface area contributed by atoms with Crippen LogP contribution in [0, 0.1) is 11.3 Å². The van der Waals surface area contributed by atoms with Crippen LogP contribution in [0.5, 0.6) is 0 Å². The number of aromatic nitrogens is 4. The Labute approximate surface area is 210 Å². The highest BCUT2D eigenvalue weighted by atomic mass is 32.2. The summed E-state index contributed by atoms with van der Waals surface area (Å²) in [5.74, 6) is 2.06. The molecule has 36 heavy (non-hydrogen) atoms. The second-order valence-corrected chi connectivity index (χ2v) is 11.3. The summed E-state index contributed by atoms with van der Waals surface area (Å²) in [6, 6.07) is 6.88. The Bertz CT molecular complexity index is 1290. The van der Waals surface area contributed by atoms with E-state index in [1.807, 2.05) is 12.1 Å². The van der Waals surface area contributed by atoms with Crippen molar-refractivity contribution in [3.63, 3.8) is 0 Å². The van der Waals surface area contributed by atoms with Gasteiger partial charge in [0.05, 0.1) is 41.5 Å². The number of hydrogen-bond donors (Lipinski definition) is 1. The predicted octanol–water partition coefficient (Wildman–Crippen LogP) is 2.67. The Kier molecular flexibility index (Phi) is 6.12. The first-order valence-corrected chi connectivity index (χ1v) is 13.7. The lowest BCUT2D eigenvalue weighted by Gasteiger charge is -2.55. The number of piperidine rings is 1. The average molecular weight is 518 g/mol. The highest BCUT2D eigenvalue weighted by Crippen LogP contribution is 2.41. The van der Waals surface area contributed by atoms with Crippen LogP contribution >= 0.6 is 0 Å². The molecule has 0 aromatic carbocycles. The molecule has 3 aromatic heterocycles. The molecule has 1 N–H and O–H groups in total. The molecule has 2 unspecified atom stereocenters. The molecule has 1 spiro atoms. The summed E-state index contributed by atoms with van der Waals surface area (Å²) in [7, 11) is -1.04. The quantitative estimate of drug-likeness (QED) is 0.516. The molecule has 3 saturated heterocycles. The van der Waals surface area contributed by atoms with Gasteiger partial charge in [-0.25, -0.2) is 32.2 Å². The van der Waals surface area contributed by atoms with Crippen LogP contribution in [0.2, 0.25) is 0 Å². The number of nitrogens with zero attached hydrogens (tertiary/aromatic N) is 6. The van der Waals surface area contributed by atoms with E-state index in [9.17, 15) is 13.0 Å². The fourth-order valence-electron chi connectivity index (χ4n) is 5.35. The van der Waals surface area contributed by atoms with Gasteiger partial charge in [0.2, 0.25) is 0 Å². The molecular formula is C24H29F2N7O2S. The fraction of sp³-hybridized carbons (Fsp3) is 0.542. The number of halogens is 2. The van der Waals surface area contributed by atoms with Gasteiger partial charge in [-0.1, -0.05) is 0 Å². The van der Waals surface area contributed by atoms with Gasteiger partial charge in [0.15, 0.2) is 5.65 Å². The van der Waals surface area contributed by atoms with Gasteiger partial charge >= 0.3 is 0 Å². The summed E-state index contributed by atoms with van der Waals surface area (Å²) in [6.45, 7) is 5.71. The van der Waals surface area contributed by atoms with Crippen molar-refractivity contribution in [2.45, 2.75) is 19.3 Å². The minimum atomic E-state index is -2.66. The third-order valence-electron chi connectivity index (χ3n) is 7.31. The van der Waals surface area contributed by atoms with Gasteiger partial charge < -0.3 is 14.5 Å². The van der Waals surface area contributed by atoms with E-state index in [1.54, 1.807) is 18.5 Å². The minimum absolute atomic E-state index is 0.229. The van der Waals surface area contributed by atoms with Crippen LogP contribution < -0.4 is 14.5 Å². The third-order valence-corrected chi connectivity index (χ3v) is 7.89. The van der Waals surface area contributed by atoms with Crippen LogP contribution in [-0.2, 0) is 15.7 Å². The molecule has 3 fully saturated rings. The van der Waals surface area contributed by atoms with Crippen molar-refractivity contribution >= 4 is 28.3 Å². The number of anilines is 2. The topological polar surface area (TPSA) is 87.9 Å². The second kappa shape index (κ2) is 9.31. The summed E-state index contributed by atoms with van der Waals surface area (Å²) >= 11 is 0. The van der Waals surface area contributed by atoms with Crippen molar-refractivity contribution in [1.29, 1.82) is 0 Å². The first kappa shape index (κ1) is 23.7. The molecule has 0 aliphatic carbocycles. The molecule has 0 amide bonds. The average Bonchev–Trinajstić information content (AvgIpc) is 3.24. The minimum Gasteiger partial charge on any atom is -0.380 e. The summed E-state index contributed by atoms with van der Waals surface area (Å²) in [4.78, 5) is 13.9. The monoisotopic (exact) mass is 517 g/mol. The summed E-state index contributed by atoms with van der Waals surface area (Å²) in [5, 5.41) is 4.16. The Hall–Kier alpha value is -2.70. The van der Waals surface area contributed by atoms with Crippen LogP contribution in [0.3, 0.4) is 0 Å². The van der Waals surface area contributed by atoms with E-state index in [0.717, 1.165) is 69.4 Å². The largest absolute Gasteiger partial charge is 0.380 e. The first-order chi connectivity index (χ1) is 17.4. The lowest BCUT2D eigenvalue weighted by molar-refractivity contribution is -0.127. The molecule has 12 heteroatoms. The van der Waals surface area contributed by atoms with Crippen molar-refractivity contribution in [3.8, 4) is 11.3 Å². The molecular weight excluding hydrogens is 488 g/mol. The van der Waals surface area contributed by atoms with Gasteiger partial charge in [-0.05, 0) is 43.0 Å². The zero-order valence-corrected chi connectivity index (χ0v) is 20.9. The van der Waals surface area contributed by atoms with E-state index in [4.69, 9.17) is 9.72 Å². The lowest BCUT2D eigenvalue weighted by atomic mass is 9.78. The smallest absolute Gasteiger partial charge is 0.282 e. The molecule has 192 valence electrons. The Balaban J connectivity index is 1.36. The van der Waals surface area contributed by atoms with Gasteiger partial charge in [-0.15, -0.1) is 0 Å². The number of alkyl halides is 2. The molecule has 9 nitrogen and oxygen atoms in total. The fourth-order valence-corrected chi connectivity index (χ4v) is 5.82. The van der Waals surface area contributed by atoms with Gasteiger partial charge in [0.1, 0.15) is 17.3 Å². The maximum absolute atomic E-state index is 13.4. The first-order valence-electron chi connectivity index (χ1n) is 12.2. The van der Waals surface area contributed by atoms with E-state index < -0.39 is 17.4 Å².